The van der Waals surface area contributed by atoms with Gasteiger partial charge in [0, 0.05) is 19.3 Å². The Bertz CT molecular complexity index is 1110. The van der Waals surface area contributed by atoms with Gasteiger partial charge in [-0.3, -0.25) is 14.4 Å². The van der Waals surface area contributed by atoms with E-state index in [1.165, 1.54) is 135 Å². The fraction of sp³-hybridized carbons (Fsp3) is 0.807. The number of carbonyl (C=O) groups is 3. The second kappa shape index (κ2) is 52.0. The van der Waals surface area contributed by atoms with Crippen LogP contribution in [0.3, 0.4) is 0 Å². The molecule has 0 bridgehead atoms. The Balaban J connectivity index is 4.40. The van der Waals surface area contributed by atoms with Crippen molar-refractivity contribution in [2.75, 3.05) is 13.2 Å². The fourth-order valence-electron chi connectivity index (χ4n) is 7.68. The van der Waals surface area contributed by atoms with E-state index in [1.54, 1.807) is 0 Å². The van der Waals surface area contributed by atoms with E-state index < -0.39 is 6.10 Å². The molecule has 0 aromatic heterocycles. The molecule has 6 heteroatoms. The summed E-state index contributed by atoms with van der Waals surface area (Å²) in [5.74, 6) is -0.899. The Morgan fingerprint density at radius 2 is 0.571 bits per heavy atom. The highest BCUT2D eigenvalue weighted by Gasteiger charge is 2.19. The van der Waals surface area contributed by atoms with Crippen molar-refractivity contribution in [1.29, 1.82) is 0 Å². The monoisotopic (exact) mass is 883 g/mol. The van der Waals surface area contributed by atoms with Crippen molar-refractivity contribution in [3.63, 3.8) is 0 Å². The van der Waals surface area contributed by atoms with Gasteiger partial charge in [-0.2, -0.15) is 0 Å². The van der Waals surface area contributed by atoms with Crippen LogP contribution in [0.5, 0.6) is 0 Å². The summed E-state index contributed by atoms with van der Waals surface area (Å²) in [6.07, 6.45) is 62.3. The SMILES string of the molecule is CCCCC/C=C\C/C=C\CCCCCCCC(=O)OC[C@H](COC(=O)CCCCCCCCCCCCCCCCC)OC(=O)CCCCCCC/C=C\C/C=C\CCCCC. The van der Waals surface area contributed by atoms with Gasteiger partial charge in [0.05, 0.1) is 0 Å². The van der Waals surface area contributed by atoms with E-state index in [0.29, 0.717) is 19.3 Å². The molecule has 0 heterocycles. The number of carbonyl (C=O) groups excluding carboxylic acids is 3. The third kappa shape index (κ3) is 50.2. The van der Waals surface area contributed by atoms with Gasteiger partial charge in [0.2, 0.25) is 0 Å². The first-order chi connectivity index (χ1) is 31.0. The lowest BCUT2D eigenvalue weighted by molar-refractivity contribution is -0.167. The average Bonchev–Trinajstić information content (AvgIpc) is 3.28. The molecule has 1 atom stereocenters. The van der Waals surface area contributed by atoms with Gasteiger partial charge in [0.25, 0.3) is 0 Å². The van der Waals surface area contributed by atoms with Crippen molar-refractivity contribution in [3.05, 3.63) is 48.6 Å². The van der Waals surface area contributed by atoms with Crippen molar-refractivity contribution in [2.45, 2.75) is 284 Å². The molecule has 0 saturated heterocycles. The molecular formula is C57H102O6. The first-order valence-corrected chi connectivity index (χ1v) is 27.1. The molecule has 0 rings (SSSR count). The van der Waals surface area contributed by atoms with Crippen LogP contribution in [0, 0.1) is 0 Å². The highest BCUT2D eigenvalue weighted by molar-refractivity contribution is 5.71. The van der Waals surface area contributed by atoms with E-state index >= 15 is 0 Å². The number of rotatable bonds is 49. The molecule has 0 spiro atoms. The number of esters is 3. The van der Waals surface area contributed by atoms with Crippen molar-refractivity contribution < 1.29 is 28.6 Å². The maximum atomic E-state index is 12.8. The van der Waals surface area contributed by atoms with E-state index in [9.17, 15) is 14.4 Å². The van der Waals surface area contributed by atoms with Gasteiger partial charge in [-0.05, 0) is 83.5 Å². The Hall–Kier alpha value is -2.63. The highest BCUT2D eigenvalue weighted by atomic mass is 16.6. The van der Waals surface area contributed by atoms with Crippen LogP contribution in [0.1, 0.15) is 278 Å². The molecule has 0 radical (unpaired) electrons. The minimum atomic E-state index is -0.783. The molecule has 0 aromatic carbocycles. The van der Waals surface area contributed by atoms with Crippen molar-refractivity contribution >= 4 is 17.9 Å². The van der Waals surface area contributed by atoms with E-state index in [-0.39, 0.29) is 31.1 Å². The van der Waals surface area contributed by atoms with Crippen molar-refractivity contribution in [2.24, 2.45) is 0 Å². The summed E-state index contributed by atoms with van der Waals surface area (Å²) in [7, 11) is 0. The van der Waals surface area contributed by atoms with Crippen LogP contribution >= 0.6 is 0 Å². The van der Waals surface area contributed by atoms with Crippen LogP contribution in [0.25, 0.3) is 0 Å². The van der Waals surface area contributed by atoms with E-state index in [1.807, 2.05) is 0 Å². The van der Waals surface area contributed by atoms with Gasteiger partial charge in [0.15, 0.2) is 6.10 Å². The van der Waals surface area contributed by atoms with Gasteiger partial charge in [0.1, 0.15) is 13.2 Å². The van der Waals surface area contributed by atoms with Gasteiger partial charge >= 0.3 is 17.9 Å². The fourth-order valence-corrected chi connectivity index (χ4v) is 7.68. The molecule has 0 N–H and O–H groups in total. The van der Waals surface area contributed by atoms with Crippen LogP contribution in [0.2, 0.25) is 0 Å². The molecule has 0 aliphatic rings. The second-order valence-electron chi connectivity index (χ2n) is 18.1. The molecule has 0 aromatic rings. The quantitative estimate of drug-likeness (QED) is 0.0262. The molecule has 366 valence electrons. The zero-order valence-corrected chi connectivity index (χ0v) is 41.8. The lowest BCUT2D eigenvalue weighted by Gasteiger charge is -2.18. The topological polar surface area (TPSA) is 78.9 Å². The van der Waals surface area contributed by atoms with E-state index in [0.717, 1.165) is 103 Å². The predicted octanol–water partition coefficient (Wildman–Crippen LogP) is 17.9. The third-order valence-electron chi connectivity index (χ3n) is 11.8. The third-order valence-corrected chi connectivity index (χ3v) is 11.8. The van der Waals surface area contributed by atoms with Gasteiger partial charge in [-0.1, -0.05) is 223 Å². The Labute approximate surface area is 390 Å². The van der Waals surface area contributed by atoms with Crippen molar-refractivity contribution in [3.8, 4) is 0 Å². The molecule has 6 nitrogen and oxygen atoms in total. The van der Waals surface area contributed by atoms with Crippen LogP contribution in [0.4, 0.5) is 0 Å². The number of hydrogen-bond donors (Lipinski definition) is 0. The van der Waals surface area contributed by atoms with Gasteiger partial charge in [-0.15, -0.1) is 0 Å². The number of hydrogen-bond acceptors (Lipinski definition) is 6. The Morgan fingerprint density at radius 1 is 0.317 bits per heavy atom. The van der Waals surface area contributed by atoms with Crippen LogP contribution in [-0.2, 0) is 28.6 Å². The number of unbranched alkanes of at least 4 members (excludes halogenated alkanes) is 30. The summed E-state index contributed by atoms with van der Waals surface area (Å²) in [6, 6.07) is 0. The number of allylic oxidation sites excluding steroid dienone is 8. The molecular weight excluding hydrogens is 781 g/mol. The molecule has 0 aliphatic carbocycles. The standard InChI is InChI=1S/C57H102O6/c1-4-7-10-13-16-19-22-25-28-31-34-37-40-43-46-49-55(58)61-52-54(63-57(60)51-48-45-42-39-36-33-30-27-24-21-18-15-12-9-6-3)53-62-56(59)50-47-44-41-38-35-32-29-26-23-20-17-14-11-8-5-2/h16,18-19,21,25,27-28,30,54H,4-15,17,20,22-24,26,29,31-53H2,1-3H3/b19-16-,21-18-,28-25-,30-27-/t54-/m1/s1. The lowest BCUT2D eigenvalue weighted by Crippen LogP contribution is -2.30. The minimum Gasteiger partial charge on any atom is -0.462 e. The molecule has 0 amide bonds. The maximum absolute atomic E-state index is 12.8. The first kappa shape index (κ1) is 60.4. The summed E-state index contributed by atoms with van der Waals surface area (Å²) in [4.78, 5) is 38.0. The molecule has 63 heavy (non-hydrogen) atoms. The summed E-state index contributed by atoms with van der Waals surface area (Å²) in [5.41, 5.74) is 0. The lowest BCUT2D eigenvalue weighted by atomic mass is 10.0. The maximum Gasteiger partial charge on any atom is 0.306 e. The summed E-state index contributed by atoms with van der Waals surface area (Å²) < 4.78 is 16.8. The van der Waals surface area contributed by atoms with Gasteiger partial charge in [-0.25, -0.2) is 0 Å². The van der Waals surface area contributed by atoms with Crippen molar-refractivity contribution in [1.82, 2.24) is 0 Å². The molecule has 0 saturated carbocycles. The summed E-state index contributed by atoms with van der Waals surface area (Å²) >= 11 is 0. The zero-order valence-electron chi connectivity index (χ0n) is 41.8. The van der Waals surface area contributed by atoms with E-state index in [4.69, 9.17) is 14.2 Å². The average molecular weight is 883 g/mol. The number of ether oxygens (including phenoxy) is 3. The zero-order chi connectivity index (χ0) is 45.8. The minimum absolute atomic E-state index is 0.0809. The second-order valence-corrected chi connectivity index (χ2v) is 18.1. The Kier molecular flexibility index (Phi) is 49.8. The van der Waals surface area contributed by atoms with E-state index in [2.05, 4.69) is 69.4 Å². The van der Waals surface area contributed by atoms with Crippen LogP contribution in [0.15, 0.2) is 48.6 Å². The van der Waals surface area contributed by atoms with Gasteiger partial charge < -0.3 is 14.2 Å². The summed E-state index contributed by atoms with van der Waals surface area (Å²) in [5, 5.41) is 0. The summed E-state index contributed by atoms with van der Waals surface area (Å²) in [6.45, 7) is 6.58. The van der Waals surface area contributed by atoms with Crippen LogP contribution in [-0.4, -0.2) is 37.2 Å². The first-order valence-electron chi connectivity index (χ1n) is 27.1. The largest absolute Gasteiger partial charge is 0.462 e. The highest BCUT2D eigenvalue weighted by Crippen LogP contribution is 2.15. The molecule has 0 unspecified atom stereocenters. The molecule has 0 aliphatic heterocycles. The van der Waals surface area contributed by atoms with Crippen LogP contribution < -0.4 is 0 Å². The Morgan fingerprint density at radius 3 is 0.905 bits per heavy atom. The predicted molar refractivity (Wildman–Crippen MR) is 270 cm³/mol. The normalized spacial score (nSPS) is 12.4. The smallest absolute Gasteiger partial charge is 0.306 e. The molecule has 0 fully saturated rings.